The Bertz CT molecular complexity index is 1300. The van der Waals surface area contributed by atoms with E-state index < -0.39 is 23.8 Å². The van der Waals surface area contributed by atoms with Crippen LogP contribution < -0.4 is 20.7 Å². The average molecular weight is 596 g/mol. The fraction of sp³-hybridized carbons (Fsp3) is 0.452. The van der Waals surface area contributed by atoms with Gasteiger partial charge in [0.05, 0.1) is 14.2 Å². The number of aliphatic imine (C=N–C) groups is 1. The number of alkyl carbamates (subject to hydrolysis) is 1. The van der Waals surface area contributed by atoms with Crippen molar-refractivity contribution >= 4 is 30.0 Å². The Morgan fingerprint density at radius 1 is 1.02 bits per heavy atom. The zero-order chi connectivity index (χ0) is 31.6. The molecule has 3 atom stereocenters. The lowest BCUT2D eigenvalue weighted by atomic mass is 9.82. The maximum absolute atomic E-state index is 13.9. The van der Waals surface area contributed by atoms with Crippen LogP contribution >= 0.6 is 0 Å². The topological polar surface area (TPSA) is 159 Å². The first kappa shape index (κ1) is 32.9. The zero-order valence-electron chi connectivity index (χ0n) is 25.3. The summed E-state index contributed by atoms with van der Waals surface area (Å²) in [4.78, 5) is 55.6. The molecular weight excluding hydrogens is 554 g/mol. The molecule has 1 heterocycles. The number of hydrogen-bond acceptors (Lipinski definition) is 6. The second-order valence-corrected chi connectivity index (χ2v) is 11.0. The van der Waals surface area contributed by atoms with Crippen LogP contribution in [-0.4, -0.2) is 72.8 Å². The lowest BCUT2D eigenvalue weighted by molar-refractivity contribution is -0.132. The van der Waals surface area contributed by atoms with Crippen molar-refractivity contribution in [2.75, 3.05) is 20.8 Å². The van der Waals surface area contributed by atoms with Gasteiger partial charge in [-0.05, 0) is 55.4 Å². The van der Waals surface area contributed by atoms with Gasteiger partial charge < -0.3 is 30.5 Å². The molecule has 0 bridgehead atoms. The highest BCUT2D eigenvalue weighted by molar-refractivity contribution is 6.11. The van der Waals surface area contributed by atoms with Gasteiger partial charge in [0, 0.05) is 19.0 Å². The zero-order valence-corrected chi connectivity index (χ0v) is 25.3. The van der Waals surface area contributed by atoms with E-state index in [1.165, 1.54) is 12.0 Å². The van der Waals surface area contributed by atoms with Crippen molar-refractivity contribution in [2.24, 2.45) is 10.9 Å². The fourth-order valence-electron chi connectivity index (χ4n) is 5.19. The highest BCUT2D eigenvalue weighted by atomic mass is 16.5. The number of amides is 4. The van der Waals surface area contributed by atoms with Crippen molar-refractivity contribution in [1.29, 1.82) is 0 Å². The molecule has 0 saturated carbocycles. The fourth-order valence-corrected chi connectivity index (χ4v) is 5.19. The summed E-state index contributed by atoms with van der Waals surface area (Å²) in [6.45, 7) is 6.01. The second-order valence-electron chi connectivity index (χ2n) is 11.0. The molecule has 232 valence electrons. The Balaban J connectivity index is 1.69. The van der Waals surface area contributed by atoms with Crippen LogP contribution in [0.4, 0.5) is 9.59 Å². The maximum atomic E-state index is 13.9. The number of hydrogen-bond donors (Lipinski definition) is 4. The van der Waals surface area contributed by atoms with Crippen molar-refractivity contribution < 1.29 is 33.8 Å². The Morgan fingerprint density at radius 2 is 1.70 bits per heavy atom. The summed E-state index contributed by atoms with van der Waals surface area (Å²) in [5.41, 5.74) is 0.409. The third-order valence-electron chi connectivity index (χ3n) is 7.17. The van der Waals surface area contributed by atoms with Crippen molar-refractivity contribution in [2.45, 2.75) is 64.1 Å². The number of ether oxygens (including phenoxy) is 2. The van der Waals surface area contributed by atoms with Crippen LogP contribution in [0.15, 0.2) is 59.6 Å². The molecule has 2 unspecified atom stereocenters. The summed E-state index contributed by atoms with van der Waals surface area (Å²) >= 11 is 0. The van der Waals surface area contributed by atoms with Crippen LogP contribution in [0, 0.1) is 5.92 Å². The molecule has 1 fully saturated rings. The van der Waals surface area contributed by atoms with E-state index in [9.17, 15) is 24.3 Å². The number of carbonyl (C=O) groups is 4. The number of methoxy groups -OCH3 is 2. The Labute approximate surface area is 251 Å². The van der Waals surface area contributed by atoms with Gasteiger partial charge in [-0.15, -0.1) is 4.99 Å². The average Bonchev–Trinajstić information content (AvgIpc) is 3.22. The van der Waals surface area contributed by atoms with Gasteiger partial charge >= 0.3 is 12.2 Å². The molecule has 0 aromatic heterocycles. The van der Waals surface area contributed by atoms with Crippen LogP contribution in [0.25, 0.3) is 0 Å². The van der Waals surface area contributed by atoms with E-state index in [2.05, 4.69) is 20.9 Å². The van der Waals surface area contributed by atoms with Gasteiger partial charge in [0.25, 0.3) is 5.91 Å². The van der Waals surface area contributed by atoms with Gasteiger partial charge in [-0.2, -0.15) is 0 Å². The van der Waals surface area contributed by atoms with Gasteiger partial charge in [-0.3, -0.25) is 14.5 Å². The molecular formula is C31H41N5O7. The highest BCUT2D eigenvalue weighted by Crippen LogP contribution is 2.35. The number of carbonyl (C=O) groups excluding carboxylic acids is 3. The van der Waals surface area contributed by atoms with E-state index in [0.717, 1.165) is 11.1 Å². The molecule has 2 aromatic carbocycles. The Hall–Kier alpha value is -4.61. The standard InChI is InChI=1S/C31H41N5O7/c1-20(2)19-31(23-11-7-6-8-12-23)27(38)36(28(35-31)34-29(39)40)17-9-10-21(3)32-26(37)25(33-30(41)43-5)18-22-13-15-24(42-4)16-14-22/h6-8,11-16,20-21,25H,9-10,17-19H2,1-5H3,(H,32,37)(H,33,41)(H,34,35)(H,39,40)/t21?,25?,31-/m1/s1. The number of nitrogens with one attached hydrogen (secondary N) is 3. The quantitative estimate of drug-likeness (QED) is 0.273. The van der Waals surface area contributed by atoms with Crippen LogP contribution in [0.5, 0.6) is 5.75 Å². The predicted octanol–water partition coefficient (Wildman–Crippen LogP) is 3.65. The van der Waals surface area contributed by atoms with E-state index >= 15 is 0 Å². The SMILES string of the molecule is COC(=O)NC(Cc1ccc(OC)cc1)C(=O)NC(C)CCCN1C(=O)[C@@](CC(C)C)(c2ccccc2)NC1=NC(=O)O. The molecule has 4 amide bonds. The van der Waals surface area contributed by atoms with Gasteiger partial charge in [0.1, 0.15) is 17.3 Å². The first-order chi connectivity index (χ1) is 20.5. The van der Waals surface area contributed by atoms with Gasteiger partial charge in [0.2, 0.25) is 11.9 Å². The van der Waals surface area contributed by atoms with E-state index in [1.54, 1.807) is 19.2 Å². The molecule has 1 aliphatic rings. The van der Waals surface area contributed by atoms with Crippen LogP contribution in [-0.2, 0) is 26.3 Å². The lowest BCUT2D eigenvalue weighted by Crippen LogP contribution is -2.50. The number of benzene rings is 2. The Morgan fingerprint density at radius 3 is 2.28 bits per heavy atom. The predicted molar refractivity (Wildman–Crippen MR) is 161 cm³/mol. The monoisotopic (exact) mass is 595 g/mol. The van der Waals surface area contributed by atoms with Crippen molar-refractivity contribution in [3.8, 4) is 5.75 Å². The summed E-state index contributed by atoms with van der Waals surface area (Å²) in [6.07, 6.45) is -0.525. The van der Waals surface area contributed by atoms with Crippen LogP contribution in [0.1, 0.15) is 51.2 Å². The molecule has 1 aliphatic heterocycles. The van der Waals surface area contributed by atoms with Crippen LogP contribution in [0.2, 0.25) is 0 Å². The minimum atomic E-state index is -1.41. The van der Waals surface area contributed by atoms with Crippen molar-refractivity contribution in [1.82, 2.24) is 20.9 Å². The van der Waals surface area contributed by atoms with Gasteiger partial charge in [0.15, 0.2) is 0 Å². The number of carboxylic acid groups (broad SMARTS) is 1. The van der Waals surface area contributed by atoms with E-state index in [1.807, 2.05) is 63.2 Å². The van der Waals surface area contributed by atoms with E-state index in [-0.39, 0.29) is 42.7 Å². The summed E-state index contributed by atoms with van der Waals surface area (Å²) < 4.78 is 9.89. The lowest BCUT2D eigenvalue weighted by Gasteiger charge is -2.29. The van der Waals surface area contributed by atoms with E-state index in [4.69, 9.17) is 9.47 Å². The summed E-state index contributed by atoms with van der Waals surface area (Å²) in [5.74, 6) is 0.127. The third-order valence-corrected chi connectivity index (χ3v) is 7.17. The smallest absolute Gasteiger partial charge is 0.434 e. The largest absolute Gasteiger partial charge is 0.497 e. The second kappa shape index (κ2) is 15.0. The van der Waals surface area contributed by atoms with Crippen molar-refractivity contribution in [3.05, 3.63) is 65.7 Å². The Kier molecular flexibility index (Phi) is 11.5. The number of nitrogens with zero attached hydrogens (tertiary/aromatic N) is 2. The molecule has 4 N–H and O–H groups in total. The molecule has 2 aromatic rings. The summed E-state index contributed by atoms with van der Waals surface area (Å²) in [6, 6.07) is 15.2. The van der Waals surface area contributed by atoms with Crippen LogP contribution in [0.3, 0.4) is 0 Å². The number of guanidine groups is 1. The molecule has 0 aliphatic carbocycles. The summed E-state index contributed by atoms with van der Waals surface area (Å²) in [5, 5.41) is 18.1. The molecule has 1 saturated heterocycles. The minimum Gasteiger partial charge on any atom is -0.497 e. The molecule has 12 heteroatoms. The maximum Gasteiger partial charge on any atom is 0.434 e. The third kappa shape index (κ3) is 8.69. The first-order valence-electron chi connectivity index (χ1n) is 14.2. The van der Waals surface area contributed by atoms with Gasteiger partial charge in [-0.25, -0.2) is 9.59 Å². The molecule has 43 heavy (non-hydrogen) atoms. The summed E-state index contributed by atoms with van der Waals surface area (Å²) in [7, 11) is 2.79. The molecule has 12 nitrogen and oxygen atoms in total. The molecule has 3 rings (SSSR count). The number of rotatable bonds is 13. The minimum absolute atomic E-state index is 0.0134. The van der Waals surface area contributed by atoms with E-state index in [0.29, 0.717) is 25.0 Å². The van der Waals surface area contributed by atoms with Crippen molar-refractivity contribution in [3.63, 3.8) is 0 Å². The normalized spacial score (nSPS) is 18.6. The first-order valence-corrected chi connectivity index (χ1v) is 14.2. The highest BCUT2D eigenvalue weighted by Gasteiger charge is 2.51. The molecule has 0 radical (unpaired) electrons. The van der Waals surface area contributed by atoms with Gasteiger partial charge in [-0.1, -0.05) is 56.3 Å². The molecule has 0 spiro atoms.